The molecule has 2 heteroatoms. The van der Waals surface area contributed by atoms with E-state index in [4.69, 9.17) is 0 Å². The third kappa shape index (κ3) is 8.39. The van der Waals surface area contributed by atoms with Gasteiger partial charge in [0.1, 0.15) is 13.1 Å². The molecule has 1 aliphatic heterocycles. The highest BCUT2D eigenvalue weighted by atomic mass is 19.0. The molecule has 0 radical (unpaired) electrons. The molecule has 0 atom stereocenters. The predicted octanol–water partition coefficient (Wildman–Crippen LogP) is 2.18. The molecule has 0 amide bonds. The van der Waals surface area contributed by atoms with Gasteiger partial charge >= 0.3 is 0 Å². The molecular formula is C17H34FN. The summed E-state index contributed by atoms with van der Waals surface area (Å²) >= 11 is 0. The molecule has 0 saturated carbocycles. The van der Waals surface area contributed by atoms with Crippen LogP contribution < -0.4 is 4.70 Å². The van der Waals surface area contributed by atoms with Crippen molar-refractivity contribution in [2.45, 2.75) is 90.9 Å². The maximum Gasteiger partial charge on any atom is 0.152 e. The van der Waals surface area contributed by atoms with Crippen molar-refractivity contribution in [1.29, 1.82) is 0 Å². The van der Waals surface area contributed by atoms with Crippen LogP contribution in [0.3, 0.4) is 0 Å². The molecule has 0 aromatic rings. The average molecular weight is 271 g/mol. The summed E-state index contributed by atoms with van der Waals surface area (Å²) in [6, 6.07) is 0. The predicted molar refractivity (Wildman–Crippen MR) is 81.8 cm³/mol. The Hall–Kier alpha value is -0.400. The Morgan fingerprint density at radius 3 is 2.00 bits per heavy atom. The Kier molecular flexibility index (Phi) is 12.4. The molecule has 1 rings (SSSR count). The minimum absolute atomic E-state index is 0. The van der Waals surface area contributed by atoms with Gasteiger partial charge in [0.2, 0.25) is 0 Å². The van der Waals surface area contributed by atoms with Crippen LogP contribution in [0.1, 0.15) is 90.9 Å². The van der Waals surface area contributed by atoms with Crippen molar-refractivity contribution in [2.75, 3.05) is 13.1 Å². The molecule has 0 aromatic carbocycles. The molecule has 0 spiro atoms. The lowest BCUT2D eigenvalue weighted by molar-refractivity contribution is -0.521. The highest BCUT2D eigenvalue weighted by Gasteiger charge is 2.19. The first-order chi connectivity index (χ1) is 8.88. The molecule has 19 heavy (non-hydrogen) atoms. The van der Waals surface area contributed by atoms with Crippen LogP contribution in [0.4, 0.5) is 0 Å². The van der Waals surface area contributed by atoms with Crippen LogP contribution in [0.15, 0.2) is 0 Å². The minimum atomic E-state index is 0. The fourth-order valence-electron chi connectivity index (χ4n) is 3.07. The van der Waals surface area contributed by atoms with E-state index in [0.717, 1.165) is 0 Å². The summed E-state index contributed by atoms with van der Waals surface area (Å²) < 4.78 is 2.65. The first kappa shape index (κ1) is 18.6. The molecule has 0 fully saturated rings. The Morgan fingerprint density at radius 2 is 1.42 bits per heavy atom. The van der Waals surface area contributed by atoms with Gasteiger partial charge < -0.3 is 4.70 Å². The molecule has 0 N–H and O–H groups in total. The van der Waals surface area contributed by atoms with Gasteiger partial charge in [0.25, 0.3) is 0 Å². The van der Waals surface area contributed by atoms with Gasteiger partial charge in [0.15, 0.2) is 5.71 Å². The molecule has 1 nitrogen and oxygen atoms in total. The number of unbranched alkanes of at least 4 members (excludes halogenated alkanes) is 8. The van der Waals surface area contributed by atoms with Crippen LogP contribution in [0.2, 0.25) is 0 Å². The highest BCUT2D eigenvalue weighted by molar-refractivity contribution is 5.80. The normalized spacial score (nSPS) is 14.8. The molecule has 114 valence electrons. The average Bonchev–Trinajstić information content (AvgIpc) is 2.84. The van der Waals surface area contributed by atoms with Crippen LogP contribution in [0, 0.1) is 0 Å². The van der Waals surface area contributed by atoms with Gasteiger partial charge in [-0.1, -0.05) is 58.8 Å². The SMILES string of the molecule is CCCCCCCCCCC[N+]1=C(CC)CCC1.[F-]. The molecule has 0 unspecified atom stereocenters. The second-order valence-electron chi connectivity index (χ2n) is 5.84. The maximum absolute atomic E-state index is 2.65. The standard InChI is InChI=1S/C17H34N.FH/c1-3-5-6-7-8-9-10-11-12-15-18-16-13-14-17(18)4-2;/h3-16H2,1-2H3;1H/q+1;/p-1. The highest BCUT2D eigenvalue weighted by Crippen LogP contribution is 2.11. The van der Waals surface area contributed by atoms with Crippen molar-refractivity contribution < 1.29 is 9.28 Å². The van der Waals surface area contributed by atoms with Crippen LogP contribution in [-0.4, -0.2) is 23.4 Å². The smallest absolute Gasteiger partial charge is 0.152 e. The van der Waals surface area contributed by atoms with Crippen LogP contribution in [-0.2, 0) is 0 Å². The van der Waals surface area contributed by atoms with E-state index >= 15 is 0 Å². The summed E-state index contributed by atoms with van der Waals surface area (Å²) in [5, 5.41) is 0. The van der Waals surface area contributed by atoms with Crippen molar-refractivity contribution in [2.24, 2.45) is 0 Å². The lowest BCUT2D eigenvalue weighted by atomic mass is 10.1. The lowest BCUT2D eigenvalue weighted by Crippen LogP contribution is -3.00. The van der Waals surface area contributed by atoms with Crippen molar-refractivity contribution in [3.63, 3.8) is 0 Å². The van der Waals surface area contributed by atoms with Gasteiger partial charge in [-0.3, -0.25) is 0 Å². The fourth-order valence-corrected chi connectivity index (χ4v) is 3.07. The molecule has 0 aliphatic carbocycles. The number of halogens is 1. The molecular weight excluding hydrogens is 237 g/mol. The first-order valence-electron chi connectivity index (χ1n) is 8.48. The third-order valence-electron chi connectivity index (χ3n) is 4.28. The topological polar surface area (TPSA) is 3.01 Å². The summed E-state index contributed by atoms with van der Waals surface area (Å²) in [5.74, 6) is 0. The zero-order valence-corrected chi connectivity index (χ0v) is 13.2. The maximum atomic E-state index is 2.65. The van der Waals surface area contributed by atoms with Crippen LogP contribution >= 0.6 is 0 Å². The quantitative estimate of drug-likeness (QED) is 0.400. The number of hydrogen-bond acceptors (Lipinski definition) is 0. The van der Waals surface area contributed by atoms with Gasteiger partial charge in [-0.05, 0) is 6.42 Å². The van der Waals surface area contributed by atoms with E-state index in [9.17, 15) is 0 Å². The summed E-state index contributed by atoms with van der Waals surface area (Å²) in [5.41, 5.74) is 1.72. The van der Waals surface area contributed by atoms with E-state index in [1.54, 1.807) is 5.71 Å². The lowest BCUT2D eigenvalue weighted by Gasteiger charge is -2.03. The van der Waals surface area contributed by atoms with E-state index < -0.39 is 0 Å². The second-order valence-corrected chi connectivity index (χ2v) is 5.84. The van der Waals surface area contributed by atoms with E-state index in [-0.39, 0.29) is 4.70 Å². The Balaban J connectivity index is 0.00000324. The molecule has 1 aliphatic rings. The number of nitrogens with zero attached hydrogens (tertiary/aromatic N) is 1. The molecule has 0 aromatic heterocycles. The summed E-state index contributed by atoms with van der Waals surface area (Å²) in [4.78, 5) is 0. The van der Waals surface area contributed by atoms with Crippen molar-refractivity contribution in [3.8, 4) is 0 Å². The molecule has 1 heterocycles. The molecule has 0 saturated heterocycles. The largest absolute Gasteiger partial charge is 1.00 e. The van der Waals surface area contributed by atoms with Crippen molar-refractivity contribution in [1.82, 2.24) is 0 Å². The van der Waals surface area contributed by atoms with Gasteiger partial charge in [-0.2, -0.15) is 0 Å². The van der Waals surface area contributed by atoms with Crippen LogP contribution in [0.25, 0.3) is 0 Å². The molecule has 0 bridgehead atoms. The zero-order chi connectivity index (χ0) is 13.1. The Morgan fingerprint density at radius 1 is 0.842 bits per heavy atom. The van der Waals surface area contributed by atoms with Crippen LogP contribution in [0.5, 0.6) is 0 Å². The fraction of sp³-hybridized carbons (Fsp3) is 0.941. The van der Waals surface area contributed by atoms with Gasteiger partial charge in [-0.25, -0.2) is 4.58 Å². The van der Waals surface area contributed by atoms with Gasteiger partial charge in [0.05, 0.1) is 0 Å². The first-order valence-corrected chi connectivity index (χ1v) is 8.48. The minimum Gasteiger partial charge on any atom is -1.00 e. The Bertz CT molecular complexity index is 235. The number of rotatable bonds is 11. The van der Waals surface area contributed by atoms with Crippen molar-refractivity contribution in [3.05, 3.63) is 0 Å². The monoisotopic (exact) mass is 271 g/mol. The summed E-state index contributed by atoms with van der Waals surface area (Å²) in [6.45, 7) is 7.27. The van der Waals surface area contributed by atoms with E-state index in [2.05, 4.69) is 18.4 Å². The summed E-state index contributed by atoms with van der Waals surface area (Å²) in [6.07, 6.45) is 17.0. The van der Waals surface area contributed by atoms with E-state index in [1.165, 1.54) is 90.1 Å². The van der Waals surface area contributed by atoms with E-state index in [1.807, 2.05) is 0 Å². The van der Waals surface area contributed by atoms with E-state index in [0.29, 0.717) is 0 Å². The summed E-state index contributed by atoms with van der Waals surface area (Å²) in [7, 11) is 0. The van der Waals surface area contributed by atoms with Crippen molar-refractivity contribution >= 4 is 5.71 Å². The van der Waals surface area contributed by atoms with Gasteiger partial charge in [-0.15, -0.1) is 0 Å². The van der Waals surface area contributed by atoms with Gasteiger partial charge in [0, 0.05) is 25.7 Å². The second kappa shape index (κ2) is 12.6. The number of hydrogen-bond donors (Lipinski definition) is 0. The Labute approximate surface area is 119 Å². The zero-order valence-electron chi connectivity index (χ0n) is 13.2. The third-order valence-corrected chi connectivity index (χ3v) is 4.28.